The highest BCUT2D eigenvalue weighted by atomic mass is 35.5. The summed E-state index contributed by atoms with van der Waals surface area (Å²) in [4.78, 5) is 10.9. The van der Waals surface area contributed by atoms with E-state index in [1.165, 1.54) is 13.2 Å². The third-order valence-corrected chi connectivity index (χ3v) is 2.50. The van der Waals surface area contributed by atoms with Crippen molar-refractivity contribution in [2.75, 3.05) is 13.7 Å². The summed E-state index contributed by atoms with van der Waals surface area (Å²) < 4.78 is 10.5. The van der Waals surface area contributed by atoms with Crippen molar-refractivity contribution < 1.29 is 19.4 Å². The molecule has 0 aliphatic heterocycles. The second-order valence-electron chi connectivity index (χ2n) is 3.52. The molecule has 0 aromatic heterocycles. The quantitative estimate of drug-likeness (QED) is 0.796. The van der Waals surface area contributed by atoms with Gasteiger partial charge in [0.05, 0.1) is 18.8 Å². The maximum atomic E-state index is 10.9. The Morgan fingerprint density at radius 3 is 2.76 bits per heavy atom. The number of aldehydes is 1. The SMILES string of the molecule is CCC(O)COc1c(C=O)cc(Cl)cc1OC. The van der Waals surface area contributed by atoms with E-state index < -0.39 is 6.10 Å². The first-order valence-corrected chi connectivity index (χ1v) is 5.63. The predicted molar refractivity (Wildman–Crippen MR) is 65.2 cm³/mol. The highest BCUT2D eigenvalue weighted by Crippen LogP contribution is 2.33. The van der Waals surface area contributed by atoms with E-state index >= 15 is 0 Å². The molecule has 1 unspecified atom stereocenters. The van der Waals surface area contributed by atoms with Gasteiger partial charge < -0.3 is 14.6 Å². The molecule has 0 saturated carbocycles. The fraction of sp³-hybridized carbons (Fsp3) is 0.417. The molecule has 0 saturated heterocycles. The summed E-state index contributed by atoms with van der Waals surface area (Å²) in [5.74, 6) is 0.683. The van der Waals surface area contributed by atoms with Gasteiger partial charge in [0.25, 0.3) is 0 Å². The first kappa shape index (κ1) is 13.8. The summed E-state index contributed by atoms with van der Waals surface area (Å²) in [7, 11) is 1.46. The number of benzene rings is 1. The highest BCUT2D eigenvalue weighted by Gasteiger charge is 2.13. The van der Waals surface area contributed by atoms with Crippen LogP contribution in [-0.4, -0.2) is 31.2 Å². The summed E-state index contributed by atoms with van der Waals surface area (Å²) in [5, 5.41) is 9.82. The number of aliphatic hydroxyl groups is 1. The van der Waals surface area contributed by atoms with Crippen LogP contribution in [0.1, 0.15) is 23.7 Å². The fourth-order valence-corrected chi connectivity index (χ4v) is 1.50. The lowest BCUT2D eigenvalue weighted by molar-refractivity contribution is 0.0998. The Bertz CT molecular complexity index is 392. The average molecular weight is 259 g/mol. The molecule has 0 spiro atoms. The third kappa shape index (κ3) is 3.61. The van der Waals surface area contributed by atoms with Gasteiger partial charge in [0.1, 0.15) is 6.61 Å². The van der Waals surface area contributed by atoms with Gasteiger partial charge >= 0.3 is 0 Å². The van der Waals surface area contributed by atoms with Crippen LogP contribution in [0.2, 0.25) is 5.02 Å². The molecule has 0 heterocycles. The van der Waals surface area contributed by atoms with E-state index in [1.54, 1.807) is 6.07 Å². The third-order valence-electron chi connectivity index (χ3n) is 2.29. The zero-order valence-electron chi connectivity index (χ0n) is 9.77. The number of hydrogen-bond donors (Lipinski definition) is 1. The van der Waals surface area contributed by atoms with Crippen LogP contribution in [0.3, 0.4) is 0 Å². The molecule has 1 N–H and O–H groups in total. The molecule has 0 aliphatic rings. The van der Waals surface area contributed by atoms with Crippen LogP contribution in [-0.2, 0) is 0 Å². The Balaban J connectivity index is 2.98. The molecule has 0 amide bonds. The van der Waals surface area contributed by atoms with Crippen molar-refractivity contribution in [3.63, 3.8) is 0 Å². The van der Waals surface area contributed by atoms with Crippen LogP contribution in [0, 0.1) is 0 Å². The second-order valence-corrected chi connectivity index (χ2v) is 3.95. The van der Waals surface area contributed by atoms with Gasteiger partial charge in [-0.05, 0) is 12.5 Å². The number of carbonyl (C=O) groups excluding carboxylic acids is 1. The summed E-state index contributed by atoms with van der Waals surface area (Å²) >= 11 is 5.83. The van der Waals surface area contributed by atoms with E-state index in [4.69, 9.17) is 21.1 Å². The standard InChI is InChI=1S/C12H15ClO4/c1-3-10(15)7-17-12-8(6-14)4-9(13)5-11(12)16-2/h4-6,10,15H,3,7H2,1-2H3. The molecule has 1 atom stereocenters. The van der Waals surface area contributed by atoms with Gasteiger partial charge in [0, 0.05) is 11.1 Å². The van der Waals surface area contributed by atoms with Crippen molar-refractivity contribution in [2.45, 2.75) is 19.4 Å². The first-order valence-electron chi connectivity index (χ1n) is 5.26. The van der Waals surface area contributed by atoms with Gasteiger partial charge in [-0.1, -0.05) is 18.5 Å². The summed E-state index contributed by atoms with van der Waals surface area (Å²) in [6.07, 6.45) is 0.642. The lowest BCUT2D eigenvalue weighted by Gasteiger charge is -2.15. The Hall–Kier alpha value is -1.26. The van der Waals surface area contributed by atoms with E-state index in [9.17, 15) is 9.90 Å². The molecule has 0 aliphatic carbocycles. The Morgan fingerprint density at radius 1 is 1.53 bits per heavy atom. The number of hydrogen-bond acceptors (Lipinski definition) is 4. The van der Waals surface area contributed by atoms with Gasteiger partial charge in [-0.3, -0.25) is 4.79 Å². The number of rotatable bonds is 6. The number of ether oxygens (including phenoxy) is 2. The number of methoxy groups -OCH3 is 1. The van der Waals surface area contributed by atoms with Gasteiger partial charge in [-0.25, -0.2) is 0 Å². The van der Waals surface area contributed by atoms with Crippen LogP contribution >= 0.6 is 11.6 Å². The van der Waals surface area contributed by atoms with E-state index in [2.05, 4.69) is 0 Å². The van der Waals surface area contributed by atoms with Crippen molar-refractivity contribution in [2.24, 2.45) is 0 Å². The van der Waals surface area contributed by atoms with Gasteiger partial charge in [-0.2, -0.15) is 0 Å². The zero-order chi connectivity index (χ0) is 12.8. The van der Waals surface area contributed by atoms with E-state index in [-0.39, 0.29) is 6.61 Å². The van der Waals surface area contributed by atoms with E-state index in [1.807, 2.05) is 6.92 Å². The Labute approximate surface area is 105 Å². The van der Waals surface area contributed by atoms with Crippen molar-refractivity contribution in [1.82, 2.24) is 0 Å². The molecule has 17 heavy (non-hydrogen) atoms. The van der Waals surface area contributed by atoms with Crippen molar-refractivity contribution in [1.29, 1.82) is 0 Å². The van der Waals surface area contributed by atoms with Crippen LogP contribution < -0.4 is 9.47 Å². The van der Waals surface area contributed by atoms with E-state index in [0.29, 0.717) is 34.8 Å². The smallest absolute Gasteiger partial charge is 0.171 e. The molecule has 1 aromatic rings. The molecular formula is C12H15ClO4. The minimum atomic E-state index is -0.574. The maximum Gasteiger partial charge on any atom is 0.171 e. The maximum absolute atomic E-state index is 10.9. The second kappa shape index (κ2) is 6.47. The molecule has 1 aromatic carbocycles. The predicted octanol–water partition coefficient (Wildman–Crippen LogP) is 2.31. The van der Waals surface area contributed by atoms with Crippen LogP contribution in [0.15, 0.2) is 12.1 Å². The van der Waals surface area contributed by atoms with Gasteiger partial charge in [-0.15, -0.1) is 0 Å². The molecular weight excluding hydrogens is 244 g/mol. The topological polar surface area (TPSA) is 55.8 Å². The fourth-order valence-electron chi connectivity index (χ4n) is 1.28. The van der Waals surface area contributed by atoms with Crippen molar-refractivity contribution in [3.05, 3.63) is 22.7 Å². The van der Waals surface area contributed by atoms with Crippen molar-refractivity contribution in [3.8, 4) is 11.5 Å². The molecule has 4 nitrogen and oxygen atoms in total. The lowest BCUT2D eigenvalue weighted by atomic mass is 10.2. The molecule has 0 bridgehead atoms. The molecule has 1 rings (SSSR count). The van der Waals surface area contributed by atoms with Gasteiger partial charge in [0.15, 0.2) is 17.8 Å². The minimum absolute atomic E-state index is 0.106. The molecule has 0 radical (unpaired) electrons. The van der Waals surface area contributed by atoms with Crippen molar-refractivity contribution >= 4 is 17.9 Å². The highest BCUT2D eigenvalue weighted by molar-refractivity contribution is 6.31. The first-order chi connectivity index (χ1) is 8.12. The summed E-state index contributed by atoms with van der Waals surface area (Å²) in [6, 6.07) is 3.05. The van der Waals surface area contributed by atoms with Crippen LogP contribution in [0.5, 0.6) is 11.5 Å². The Kier molecular flexibility index (Phi) is 5.25. The zero-order valence-corrected chi connectivity index (χ0v) is 10.5. The number of carbonyl (C=O) groups is 1. The normalized spacial score (nSPS) is 12.0. The average Bonchev–Trinajstić information content (AvgIpc) is 2.35. The number of aliphatic hydroxyl groups excluding tert-OH is 1. The number of halogens is 1. The Morgan fingerprint density at radius 2 is 2.24 bits per heavy atom. The van der Waals surface area contributed by atoms with Gasteiger partial charge in [0.2, 0.25) is 0 Å². The monoisotopic (exact) mass is 258 g/mol. The van der Waals surface area contributed by atoms with Crippen LogP contribution in [0.25, 0.3) is 0 Å². The summed E-state index contributed by atoms with van der Waals surface area (Å²) in [6.45, 7) is 1.95. The molecule has 5 heteroatoms. The summed E-state index contributed by atoms with van der Waals surface area (Å²) in [5.41, 5.74) is 0.303. The molecule has 94 valence electrons. The lowest BCUT2D eigenvalue weighted by Crippen LogP contribution is -2.17. The molecule has 0 fully saturated rings. The van der Waals surface area contributed by atoms with Crippen LogP contribution in [0.4, 0.5) is 0 Å². The largest absolute Gasteiger partial charge is 0.493 e. The van der Waals surface area contributed by atoms with E-state index in [0.717, 1.165) is 0 Å². The minimum Gasteiger partial charge on any atom is -0.493 e.